The van der Waals surface area contributed by atoms with Crippen molar-refractivity contribution in [1.29, 1.82) is 0 Å². The Morgan fingerprint density at radius 2 is 0.983 bits per heavy atom. The van der Waals surface area contributed by atoms with Crippen molar-refractivity contribution >= 4 is 44.5 Å². The van der Waals surface area contributed by atoms with Crippen molar-refractivity contribution in [2.45, 2.75) is 16.1 Å². The fraction of sp³-hybridized carbons (Fsp3) is 0.0364. The summed E-state index contributed by atoms with van der Waals surface area (Å²) in [7, 11) is 0. The minimum absolute atomic E-state index is 0.243. The molecule has 2 aromatic heterocycles. The molecular formula is C55H35N3OS. The van der Waals surface area contributed by atoms with E-state index in [0.717, 1.165) is 60.7 Å². The zero-order valence-corrected chi connectivity index (χ0v) is 33.2. The Kier molecular flexibility index (Phi) is 8.20. The first-order valence-electron chi connectivity index (χ1n) is 20.3. The van der Waals surface area contributed by atoms with E-state index >= 15 is 0 Å². The van der Waals surface area contributed by atoms with Crippen molar-refractivity contribution in [3.63, 3.8) is 0 Å². The van der Waals surface area contributed by atoms with E-state index in [2.05, 4.69) is 182 Å². The average Bonchev–Trinajstić information content (AvgIpc) is 3.91. The number of rotatable bonds is 6. The van der Waals surface area contributed by atoms with E-state index in [1.54, 1.807) is 0 Å². The highest BCUT2D eigenvalue weighted by molar-refractivity contribution is 8.00. The first kappa shape index (κ1) is 34.7. The molecule has 2 unspecified atom stereocenters. The second-order valence-corrected chi connectivity index (χ2v) is 16.6. The van der Waals surface area contributed by atoms with Crippen LogP contribution in [0.1, 0.15) is 11.5 Å². The molecule has 10 aromatic rings. The summed E-state index contributed by atoms with van der Waals surface area (Å²) in [6.07, 6.45) is 8.93. The molecule has 12 rings (SSSR count). The molecule has 0 saturated heterocycles. The van der Waals surface area contributed by atoms with E-state index in [0.29, 0.717) is 22.7 Å². The molecule has 282 valence electrons. The van der Waals surface area contributed by atoms with Crippen LogP contribution in [0.2, 0.25) is 0 Å². The number of thioether (sulfide) groups is 1. The lowest BCUT2D eigenvalue weighted by Gasteiger charge is -2.18. The maximum absolute atomic E-state index is 6.88. The summed E-state index contributed by atoms with van der Waals surface area (Å²) in [6, 6.07) is 61.9. The van der Waals surface area contributed by atoms with Crippen molar-refractivity contribution < 1.29 is 4.42 Å². The third-order valence-electron chi connectivity index (χ3n) is 11.9. The van der Waals surface area contributed by atoms with E-state index in [4.69, 9.17) is 19.4 Å². The molecule has 0 fully saturated rings. The van der Waals surface area contributed by atoms with E-state index in [1.807, 2.05) is 30.0 Å². The Balaban J connectivity index is 1.08. The highest BCUT2D eigenvalue weighted by Gasteiger charge is 2.34. The predicted molar refractivity (Wildman–Crippen MR) is 248 cm³/mol. The highest BCUT2D eigenvalue weighted by Crippen LogP contribution is 2.51. The van der Waals surface area contributed by atoms with Gasteiger partial charge < -0.3 is 4.42 Å². The fourth-order valence-corrected chi connectivity index (χ4v) is 10.5. The summed E-state index contributed by atoms with van der Waals surface area (Å²) in [4.78, 5) is 17.3. The summed E-state index contributed by atoms with van der Waals surface area (Å²) in [5, 5.41) is 4.71. The van der Waals surface area contributed by atoms with Gasteiger partial charge in [-0.05, 0) is 68.4 Å². The zero-order valence-electron chi connectivity index (χ0n) is 32.4. The number of para-hydroxylation sites is 1. The molecule has 8 aromatic carbocycles. The molecule has 1 aliphatic carbocycles. The van der Waals surface area contributed by atoms with Crippen LogP contribution in [0.4, 0.5) is 0 Å². The highest BCUT2D eigenvalue weighted by atomic mass is 32.2. The van der Waals surface area contributed by atoms with Crippen LogP contribution in [-0.4, -0.2) is 20.2 Å². The van der Waals surface area contributed by atoms with Gasteiger partial charge in [-0.25, -0.2) is 15.0 Å². The van der Waals surface area contributed by atoms with Gasteiger partial charge in [0.15, 0.2) is 17.5 Å². The second-order valence-electron chi connectivity index (χ2n) is 15.4. The number of benzene rings is 8. The molecule has 2 aliphatic rings. The van der Waals surface area contributed by atoms with Crippen LogP contribution in [0.25, 0.3) is 100 Å². The van der Waals surface area contributed by atoms with Crippen LogP contribution in [0, 0.1) is 0 Å². The lowest BCUT2D eigenvalue weighted by Crippen LogP contribution is -2.09. The first-order chi connectivity index (χ1) is 29.7. The molecule has 60 heavy (non-hydrogen) atoms. The molecule has 0 saturated carbocycles. The average molecular weight is 786 g/mol. The smallest absolute Gasteiger partial charge is 0.164 e. The minimum atomic E-state index is 0.243. The first-order valence-corrected chi connectivity index (χ1v) is 21.2. The molecule has 0 spiro atoms. The molecule has 0 radical (unpaired) electrons. The topological polar surface area (TPSA) is 51.8 Å². The SMILES string of the molecule is C1=CC2Sc3cccc(-c4nc(-c5ccc(-c6ccccc6)cc5)nc(-c5ccc(-c6ccc(-c7ccccc7)c7ccccc67)c6oc7ccccc7c56)n4)c3C2C=C1. The molecule has 4 nitrogen and oxygen atoms in total. The molecule has 3 heterocycles. The molecular weight excluding hydrogens is 751 g/mol. The number of hydrogen-bond acceptors (Lipinski definition) is 5. The van der Waals surface area contributed by atoms with E-state index in [-0.39, 0.29) is 5.92 Å². The quantitative estimate of drug-likeness (QED) is 0.168. The van der Waals surface area contributed by atoms with Crippen LogP contribution in [-0.2, 0) is 0 Å². The van der Waals surface area contributed by atoms with Gasteiger partial charge in [0.1, 0.15) is 11.2 Å². The Hall–Kier alpha value is -7.34. The predicted octanol–water partition coefficient (Wildman–Crippen LogP) is 14.6. The monoisotopic (exact) mass is 785 g/mol. The summed E-state index contributed by atoms with van der Waals surface area (Å²) in [6.45, 7) is 0. The van der Waals surface area contributed by atoms with Crippen LogP contribution in [0.15, 0.2) is 210 Å². The Bertz CT molecular complexity index is 3350. The molecule has 0 amide bonds. The molecule has 2 atom stereocenters. The summed E-state index contributed by atoms with van der Waals surface area (Å²) in [5.41, 5.74) is 12.6. The van der Waals surface area contributed by atoms with Gasteiger partial charge in [-0.15, -0.1) is 11.8 Å². The third kappa shape index (κ3) is 5.73. The van der Waals surface area contributed by atoms with Crippen molar-refractivity contribution in [2.24, 2.45) is 0 Å². The van der Waals surface area contributed by atoms with Crippen LogP contribution < -0.4 is 0 Å². The lowest BCUT2D eigenvalue weighted by molar-refractivity contribution is 0.670. The van der Waals surface area contributed by atoms with Crippen molar-refractivity contribution in [2.75, 3.05) is 0 Å². The number of hydrogen-bond donors (Lipinski definition) is 0. The maximum Gasteiger partial charge on any atom is 0.164 e. The van der Waals surface area contributed by atoms with Gasteiger partial charge in [0.05, 0.1) is 0 Å². The van der Waals surface area contributed by atoms with Gasteiger partial charge in [0.25, 0.3) is 0 Å². The van der Waals surface area contributed by atoms with Crippen molar-refractivity contribution in [3.8, 4) is 67.5 Å². The van der Waals surface area contributed by atoms with E-state index < -0.39 is 0 Å². The van der Waals surface area contributed by atoms with Gasteiger partial charge in [-0.3, -0.25) is 0 Å². The van der Waals surface area contributed by atoms with E-state index in [9.17, 15) is 0 Å². The van der Waals surface area contributed by atoms with Gasteiger partial charge in [0.2, 0.25) is 0 Å². The van der Waals surface area contributed by atoms with Gasteiger partial charge in [-0.1, -0.05) is 176 Å². The number of allylic oxidation sites excluding steroid dienone is 3. The third-order valence-corrected chi connectivity index (χ3v) is 13.3. The number of nitrogens with zero attached hydrogens (tertiary/aromatic N) is 3. The number of fused-ring (bicyclic) bond motifs is 7. The molecule has 0 N–H and O–H groups in total. The van der Waals surface area contributed by atoms with Crippen LogP contribution in [0.3, 0.4) is 0 Å². The van der Waals surface area contributed by atoms with E-state index in [1.165, 1.54) is 32.5 Å². The standard InChI is InChI=1S/C55H35N3OS/c1-3-14-34(15-4-1)35-26-28-37(29-27-35)53-56-54(45-22-13-25-49-50(45)44-21-10-12-24-48(44)60-49)58-55(57-53)46-33-32-42(52-51(46)43-20-9-11-23-47(43)59-52)41-31-30-38(36-16-5-2-6-17-36)39-18-7-8-19-40(39)41/h1-33,44,48H. The van der Waals surface area contributed by atoms with Crippen molar-refractivity contribution in [3.05, 3.63) is 206 Å². The largest absolute Gasteiger partial charge is 0.455 e. The van der Waals surface area contributed by atoms with Crippen LogP contribution in [0.5, 0.6) is 0 Å². The Morgan fingerprint density at radius 1 is 0.400 bits per heavy atom. The molecule has 0 bridgehead atoms. The van der Waals surface area contributed by atoms with Crippen molar-refractivity contribution in [1.82, 2.24) is 15.0 Å². The number of aromatic nitrogens is 3. The van der Waals surface area contributed by atoms with Gasteiger partial charge in [-0.2, -0.15) is 0 Å². The summed E-state index contributed by atoms with van der Waals surface area (Å²) < 4.78 is 6.88. The number of furan rings is 1. The Morgan fingerprint density at radius 3 is 1.78 bits per heavy atom. The van der Waals surface area contributed by atoms with Gasteiger partial charge in [0, 0.05) is 49.1 Å². The maximum atomic E-state index is 6.88. The summed E-state index contributed by atoms with van der Waals surface area (Å²) in [5.74, 6) is 2.14. The fourth-order valence-electron chi connectivity index (χ4n) is 9.11. The van der Waals surface area contributed by atoms with Gasteiger partial charge >= 0.3 is 0 Å². The molecule has 5 heteroatoms. The zero-order chi connectivity index (χ0) is 39.6. The minimum Gasteiger partial charge on any atom is -0.455 e. The normalized spacial score (nSPS) is 15.5. The summed E-state index contributed by atoms with van der Waals surface area (Å²) >= 11 is 1.91. The Labute approximate surface area is 351 Å². The second kappa shape index (κ2) is 14.2. The molecule has 1 aliphatic heterocycles. The van der Waals surface area contributed by atoms with Crippen LogP contribution >= 0.6 is 11.8 Å². The lowest BCUT2D eigenvalue weighted by atomic mass is 9.88.